The van der Waals surface area contributed by atoms with Crippen LogP contribution in [0.3, 0.4) is 0 Å². The van der Waals surface area contributed by atoms with Crippen molar-refractivity contribution in [2.45, 2.75) is 24.7 Å². The third-order valence-corrected chi connectivity index (χ3v) is 4.39. The quantitative estimate of drug-likeness (QED) is 0.507. The van der Waals surface area contributed by atoms with Crippen molar-refractivity contribution < 1.29 is 8.42 Å². The number of aryl methyl sites for hydroxylation is 2. The van der Waals surface area contributed by atoms with Crippen LogP contribution in [0.5, 0.6) is 0 Å². The lowest BCUT2D eigenvalue weighted by Crippen LogP contribution is -2.33. The molecule has 114 valence electrons. The summed E-state index contributed by atoms with van der Waals surface area (Å²) in [4.78, 5) is 25.8. The van der Waals surface area contributed by atoms with Gasteiger partial charge in [0, 0.05) is 18.4 Å². The number of H-pyrrole nitrogens is 3. The molecule has 0 amide bonds. The summed E-state index contributed by atoms with van der Waals surface area (Å²) in [5, 5.41) is 6.67. The first kappa shape index (κ1) is 15.2. The van der Waals surface area contributed by atoms with Crippen LogP contribution < -0.4 is 16.0 Å². The van der Waals surface area contributed by atoms with Crippen LogP contribution in [0, 0.1) is 6.92 Å². The topological polar surface area (TPSA) is 141 Å². The van der Waals surface area contributed by atoms with Crippen molar-refractivity contribution in [1.29, 1.82) is 0 Å². The molecule has 0 atom stereocenters. The third-order valence-electron chi connectivity index (χ3n) is 2.92. The highest BCUT2D eigenvalue weighted by Crippen LogP contribution is 2.06. The standard InChI is InChI=1S/C11H15N5O4S/c1-7-8(5-13-16-7)3-2-4-14-21(19,20)9-6-12-11(18)15-10(9)17/h5-6,14H,2-4H2,1H3,(H,13,16)(H2,12,15,17,18). The summed E-state index contributed by atoms with van der Waals surface area (Å²) in [6, 6.07) is 0. The summed E-state index contributed by atoms with van der Waals surface area (Å²) in [7, 11) is -3.95. The van der Waals surface area contributed by atoms with Crippen molar-refractivity contribution in [3.63, 3.8) is 0 Å². The third kappa shape index (κ3) is 3.67. The Balaban J connectivity index is 1.97. The molecule has 0 radical (unpaired) electrons. The summed E-state index contributed by atoms with van der Waals surface area (Å²) in [5.41, 5.74) is 0.248. The Labute approximate surface area is 119 Å². The fraction of sp³-hybridized carbons (Fsp3) is 0.364. The molecule has 0 fully saturated rings. The van der Waals surface area contributed by atoms with Crippen LogP contribution in [0.25, 0.3) is 0 Å². The molecule has 0 aromatic carbocycles. The Morgan fingerprint density at radius 2 is 2.10 bits per heavy atom. The van der Waals surface area contributed by atoms with Crippen LogP contribution in [0.2, 0.25) is 0 Å². The Morgan fingerprint density at radius 1 is 1.33 bits per heavy atom. The molecule has 2 aromatic rings. The van der Waals surface area contributed by atoms with Gasteiger partial charge < -0.3 is 4.98 Å². The Bertz CT molecular complexity index is 833. The summed E-state index contributed by atoms with van der Waals surface area (Å²) in [6.45, 7) is 2.05. The van der Waals surface area contributed by atoms with Gasteiger partial charge in [0.25, 0.3) is 5.56 Å². The Hall–Kier alpha value is -2.20. The van der Waals surface area contributed by atoms with Crippen LogP contribution in [0.4, 0.5) is 0 Å². The molecule has 21 heavy (non-hydrogen) atoms. The Kier molecular flexibility index (Phi) is 4.38. The van der Waals surface area contributed by atoms with E-state index in [1.165, 1.54) is 0 Å². The number of hydrogen-bond donors (Lipinski definition) is 4. The minimum Gasteiger partial charge on any atom is -0.313 e. The molecule has 0 aliphatic heterocycles. The number of rotatable bonds is 6. The second-order valence-corrected chi connectivity index (χ2v) is 6.19. The molecule has 0 bridgehead atoms. The molecule has 0 saturated heterocycles. The zero-order chi connectivity index (χ0) is 15.5. The van der Waals surface area contributed by atoms with Crippen molar-refractivity contribution in [3.8, 4) is 0 Å². The first-order valence-corrected chi connectivity index (χ1v) is 7.69. The van der Waals surface area contributed by atoms with Gasteiger partial charge in [0.05, 0.1) is 6.20 Å². The number of aromatic nitrogens is 4. The van der Waals surface area contributed by atoms with Gasteiger partial charge in [-0.05, 0) is 25.3 Å². The molecule has 2 aromatic heterocycles. The second-order valence-electron chi connectivity index (χ2n) is 4.46. The average Bonchev–Trinajstić information content (AvgIpc) is 2.80. The fourth-order valence-corrected chi connectivity index (χ4v) is 2.87. The summed E-state index contributed by atoms with van der Waals surface area (Å²) in [5.74, 6) is 0. The maximum atomic E-state index is 11.9. The number of hydrogen-bond acceptors (Lipinski definition) is 5. The van der Waals surface area contributed by atoms with E-state index in [4.69, 9.17) is 0 Å². The van der Waals surface area contributed by atoms with Gasteiger partial charge in [-0.3, -0.25) is 14.9 Å². The predicted octanol–water partition coefficient (Wildman–Crippen LogP) is -0.994. The van der Waals surface area contributed by atoms with Crippen molar-refractivity contribution in [1.82, 2.24) is 24.9 Å². The lowest BCUT2D eigenvalue weighted by molar-refractivity contribution is 0.576. The van der Waals surface area contributed by atoms with Crippen molar-refractivity contribution in [2.24, 2.45) is 0 Å². The predicted molar refractivity (Wildman–Crippen MR) is 74.5 cm³/mol. The van der Waals surface area contributed by atoms with E-state index in [0.29, 0.717) is 12.8 Å². The van der Waals surface area contributed by atoms with Crippen LogP contribution in [0.15, 0.2) is 26.9 Å². The van der Waals surface area contributed by atoms with Crippen molar-refractivity contribution >= 4 is 10.0 Å². The van der Waals surface area contributed by atoms with Gasteiger partial charge in [-0.2, -0.15) is 5.10 Å². The lowest BCUT2D eigenvalue weighted by Gasteiger charge is -2.05. The molecule has 0 unspecified atom stereocenters. The molecule has 0 aliphatic rings. The number of aromatic amines is 3. The molecular formula is C11H15N5O4S. The van der Waals surface area contributed by atoms with E-state index in [1.807, 2.05) is 11.9 Å². The number of sulfonamides is 1. The summed E-state index contributed by atoms with van der Waals surface area (Å²) < 4.78 is 26.2. The number of nitrogens with one attached hydrogen (secondary N) is 4. The van der Waals surface area contributed by atoms with Gasteiger partial charge in [-0.1, -0.05) is 0 Å². The molecule has 2 heterocycles. The molecule has 0 spiro atoms. The smallest absolute Gasteiger partial charge is 0.313 e. The summed E-state index contributed by atoms with van der Waals surface area (Å²) >= 11 is 0. The molecule has 4 N–H and O–H groups in total. The van der Waals surface area contributed by atoms with Gasteiger partial charge >= 0.3 is 5.69 Å². The highest BCUT2D eigenvalue weighted by Gasteiger charge is 2.18. The van der Waals surface area contributed by atoms with Gasteiger partial charge in [-0.25, -0.2) is 17.9 Å². The van der Waals surface area contributed by atoms with Gasteiger partial charge in [0.2, 0.25) is 10.0 Å². The SMILES string of the molecule is Cc1[nH]ncc1CCCNS(=O)(=O)c1c[nH]c(=O)[nH]c1=O. The van der Waals surface area contributed by atoms with E-state index in [-0.39, 0.29) is 6.54 Å². The zero-order valence-electron chi connectivity index (χ0n) is 11.3. The minimum absolute atomic E-state index is 0.172. The molecule has 0 saturated carbocycles. The molecule has 2 rings (SSSR count). The van der Waals surface area contributed by atoms with E-state index in [1.54, 1.807) is 6.20 Å². The zero-order valence-corrected chi connectivity index (χ0v) is 12.1. The molecule has 0 aliphatic carbocycles. The first-order chi connectivity index (χ1) is 9.90. The summed E-state index contributed by atoms with van der Waals surface area (Å²) in [6.07, 6.45) is 3.79. The van der Waals surface area contributed by atoms with Crippen LogP contribution in [-0.4, -0.2) is 35.1 Å². The first-order valence-electron chi connectivity index (χ1n) is 6.20. The average molecular weight is 313 g/mol. The maximum absolute atomic E-state index is 11.9. The largest absolute Gasteiger partial charge is 0.325 e. The van der Waals surface area contributed by atoms with E-state index in [0.717, 1.165) is 17.5 Å². The molecule has 10 heteroatoms. The van der Waals surface area contributed by atoms with Gasteiger partial charge in [0.15, 0.2) is 4.90 Å². The maximum Gasteiger partial charge on any atom is 0.325 e. The van der Waals surface area contributed by atoms with Gasteiger partial charge in [-0.15, -0.1) is 0 Å². The molecular weight excluding hydrogens is 298 g/mol. The monoisotopic (exact) mass is 313 g/mol. The minimum atomic E-state index is -3.95. The van der Waals surface area contributed by atoms with Gasteiger partial charge in [0.1, 0.15) is 0 Å². The Morgan fingerprint density at radius 3 is 2.71 bits per heavy atom. The lowest BCUT2D eigenvalue weighted by atomic mass is 10.1. The highest BCUT2D eigenvalue weighted by molar-refractivity contribution is 7.89. The van der Waals surface area contributed by atoms with Crippen LogP contribution in [-0.2, 0) is 16.4 Å². The fourth-order valence-electron chi connectivity index (χ4n) is 1.79. The highest BCUT2D eigenvalue weighted by atomic mass is 32.2. The second kappa shape index (κ2) is 6.06. The van der Waals surface area contributed by atoms with E-state index < -0.39 is 26.2 Å². The van der Waals surface area contributed by atoms with Crippen LogP contribution >= 0.6 is 0 Å². The van der Waals surface area contributed by atoms with E-state index in [2.05, 4.69) is 19.9 Å². The molecule has 9 nitrogen and oxygen atoms in total. The normalized spacial score (nSPS) is 11.7. The van der Waals surface area contributed by atoms with Crippen molar-refractivity contribution in [2.75, 3.05) is 6.54 Å². The van der Waals surface area contributed by atoms with Crippen LogP contribution in [0.1, 0.15) is 17.7 Å². The van der Waals surface area contributed by atoms with E-state index >= 15 is 0 Å². The number of nitrogens with zero attached hydrogens (tertiary/aromatic N) is 1. The van der Waals surface area contributed by atoms with E-state index in [9.17, 15) is 18.0 Å². The van der Waals surface area contributed by atoms with Crippen molar-refractivity contribution in [3.05, 3.63) is 44.5 Å².